The van der Waals surface area contributed by atoms with Gasteiger partial charge in [-0.05, 0) is 62.7 Å². The Balaban J connectivity index is 1.62. The summed E-state index contributed by atoms with van der Waals surface area (Å²) in [6.45, 7) is 10.2. The zero-order valence-electron chi connectivity index (χ0n) is 18.2. The molecule has 0 saturated carbocycles. The van der Waals surface area contributed by atoms with Gasteiger partial charge < -0.3 is 4.98 Å². The van der Waals surface area contributed by atoms with Gasteiger partial charge in [-0.1, -0.05) is 18.7 Å². The number of nitrogens with one attached hydrogen (secondary N) is 2. The smallest absolute Gasteiger partial charge is 0.135 e. The fraction of sp³-hybridized carbons (Fsp3) is 0.115. The van der Waals surface area contributed by atoms with Crippen LogP contribution >= 0.6 is 11.3 Å². The molecule has 5 heterocycles. The van der Waals surface area contributed by atoms with Gasteiger partial charge in [-0.3, -0.25) is 10.1 Å². The van der Waals surface area contributed by atoms with Crippen molar-refractivity contribution in [1.29, 1.82) is 0 Å². The Morgan fingerprint density at radius 2 is 1.97 bits per heavy atom. The van der Waals surface area contributed by atoms with E-state index < -0.39 is 0 Å². The van der Waals surface area contributed by atoms with E-state index in [0.29, 0.717) is 0 Å². The molecule has 0 bridgehead atoms. The molecule has 5 rings (SSSR count). The largest absolute Gasteiger partial charge is 0.357 e. The molecule has 0 aliphatic carbocycles. The Morgan fingerprint density at radius 1 is 1.09 bits per heavy atom. The number of fused-ring (bicyclic) bond motifs is 1. The normalized spacial score (nSPS) is 11.9. The van der Waals surface area contributed by atoms with Crippen molar-refractivity contribution in [1.82, 2.24) is 25.1 Å². The zero-order valence-corrected chi connectivity index (χ0v) is 19.0. The first-order valence-corrected chi connectivity index (χ1v) is 11.2. The molecule has 0 unspecified atom stereocenters. The fourth-order valence-electron chi connectivity index (χ4n) is 3.94. The number of thiophene rings is 1. The molecule has 0 radical (unpaired) electrons. The first kappa shape index (κ1) is 20.2. The summed E-state index contributed by atoms with van der Waals surface area (Å²) in [7, 11) is 0. The number of aryl methyl sites for hydroxylation is 3. The highest BCUT2D eigenvalue weighted by Crippen LogP contribution is 2.35. The molecule has 0 saturated heterocycles. The Kier molecular flexibility index (Phi) is 5.07. The standard InChI is InChI=1S/C26H23N5S/c1-5-6-18(24-10-7-16(3)32-24)19-13-23(28-17(19)4)26-25-22(30-31-26)9-8-21(29-25)20-14-27-12-11-15(20)2/h5-14,28H,1H2,2-4H3,(H,30,31)/b18-6+. The number of hydrogen-bond donors (Lipinski definition) is 2. The number of aromatic amines is 2. The van der Waals surface area contributed by atoms with Crippen LogP contribution in [-0.2, 0) is 0 Å². The topological polar surface area (TPSA) is 70.2 Å². The summed E-state index contributed by atoms with van der Waals surface area (Å²) >= 11 is 1.78. The second kappa shape index (κ2) is 8.05. The third kappa shape index (κ3) is 3.48. The molecule has 2 N–H and O–H groups in total. The number of allylic oxidation sites excluding steroid dienone is 2. The third-order valence-corrected chi connectivity index (χ3v) is 6.61. The quantitative estimate of drug-likeness (QED) is 0.304. The Labute approximate surface area is 190 Å². The minimum atomic E-state index is 0.804. The first-order chi connectivity index (χ1) is 15.5. The van der Waals surface area contributed by atoms with Crippen molar-refractivity contribution in [3.63, 3.8) is 0 Å². The van der Waals surface area contributed by atoms with Crippen molar-refractivity contribution in [3.8, 4) is 22.6 Å². The van der Waals surface area contributed by atoms with Crippen molar-refractivity contribution in [3.05, 3.63) is 94.1 Å². The molecule has 6 heteroatoms. The minimum Gasteiger partial charge on any atom is -0.357 e. The highest BCUT2D eigenvalue weighted by atomic mass is 32.1. The number of aromatic nitrogens is 5. The number of hydrogen-bond acceptors (Lipinski definition) is 4. The maximum absolute atomic E-state index is 4.94. The van der Waals surface area contributed by atoms with Gasteiger partial charge in [0.25, 0.3) is 0 Å². The van der Waals surface area contributed by atoms with E-state index in [1.165, 1.54) is 9.75 Å². The van der Waals surface area contributed by atoms with Crippen LogP contribution in [0.4, 0.5) is 0 Å². The summed E-state index contributed by atoms with van der Waals surface area (Å²) in [6, 6.07) is 12.5. The number of H-pyrrole nitrogens is 2. The van der Waals surface area contributed by atoms with Gasteiger partial charge in [-0.25, -0.2) is 4.98 Å². The lowest BCUT2D eigenvalue weighted by Crippen LogP contribution is -1.89. The molecule has 0 fully saturated rings. The van der Waals surface area contributed by atoms with Gasteiger partial charge in [0.2, 0.25) is 0 Å². The molecule has 158 valence electrons. The Bertz CT molecular complexity index is 1480. The van der Waals surface area contributed by atoms with Crippen LogP contribution in [0.2, 0.25) is 0 Å². The molecule has 0 aliphatic rings. The van der Waals surface area contributed by atoms with Gasteiger partial charge in [0.1, 0.15) is 11.2 Å². The summed E-state index contributed by atoms with van der Waals surface area (Å²) in [5.74, 6) is 0. The molecule has 5 nitrogen and oxygen atoms in total. The van der Waals surface area contributed by atoms with Gasteiger partial charge in [-0.2, -0.15) is 5.10 Å². The average Bonchev–Trinajstić information content (AvgIpc) is 3.50. The second-order valence-corrected chi connectivity index (χ2v) is 9.09. The van der Waals surface area contributed by atoms with Crippen LogP contribution < -0.4 is 0 Å². The van der Waals surface area contributed by atoms with Crippen LogP contribution in [0.15, 0.2) is 67.5 Å². The van der Waals surface area contributed by atoms with Gasteiger partial charge in [-0.15, -0.1) is 11.3 Å². The Hall–Kier alpha value is -3.77. The molecule has 0 spiro atoms. The molecule has 0 aromatic carbocycles. The van der Waals surface area contributed by atoms with E-state index in [1.54, 1.807) is 17.5 Å². The van der Waals surface area contributed by atoms with Crippen molar-refractivity contribution in [2.75, 3.05) is 0 Å². The Morgan fingerprint density at radius 3 is 2.72 bits per heavy atom. The molecule has 0 atom stereocenters. The maximum Gasteiger partial charge on any atom is 0.135 e. The SMILES string of the molecule is C=C/C=C(/c1ccc(C)s1)c1cc(-c2n[nH]c3ccc(-c4cnccc4C)nc23)[nH]c1C. The van der Waals surface area contributed by atoms with Crippen molar-refractivity contribution >= 4 is 27.9 Å². The lowest BCUT2D eigenvalue weighted by molar-refractivity contribution is 1.11. The van der Waals surface area contributed by atoms with Crippen LogP contribution in [0.1, 0.15) is 26.6 Å². The molecule has 5 aromatic heterocycles. The molecular formula is C26H23N5S. The van der Waals surface area contributed by atoms with Crippen molar-refractivity contribution < 1.29 is 0 Å². The summed E-state index contributed by atoms with van der Waals surface area (Å²) in [4.78, 5) is 15.2. The summed E-state index contributed by atoms with van der Waals surface area (Å²) in [6.07, 6.45) is 7.56. The monoisotopic (exact) mass is 437 g/mol. The predicted octanol–water partition coefficient (Wildman–Crippen LogP) is 6.62. The highest BCUT2D eigenvalue weighted by molar-refractivity contribution is 7.13. The second-order valence-electron chi connectivity index (χ2n) is 7.80. The van der Waals surface area contributed by atoms with Crippen LogP contribution in [-0.4, -0.2) is 25.1 Å². The third-order valence-electron chi connectivity index (χ3n) is 5.57. The van der Waals surface area contributed by atoms with Crippen molar-refractivity contribution in [2.24, 2.45) is 0 Å². The lowest BCUT2D eigenvalue weighted by Gasteiger charge is -2.04. The molecule has 0 amide bonds. The average molecular weight is 438 g/mol. The first-order valence-electron chi connectivity index (χ1n) is 10.4. The molecular weight excluding hydrogens is 414 g/mol. The van der Waals surface area contributed by atoms with Crippen LogP contribution in [0.3, 0.4) is 0 Å². The van der Waals surface area contributed by atoms with Gasteiger partial charge >= 0.3 is 0 Å². The molecule has 32 heavy (non-hydrogen) atoms. The van der Waals surface area contributed by atoms with E-state index in [2.05, 4.69) is 71.8 Å². The summed E-state index contributed by atoms with van der Waals surface area (Å²) < 4.78 is 0. The lowest BCUT2D eigenvalue weighted by atomic mass is 10.0. The number of pyridine rings is 2. The van der Waals surface area contributed by atoms with Crippen LogP contribution in [0.5, 0.6) is 0 Å². The predicted molar refractivity (Wildman–Crippen MR) is 133 cm³/mol. The van der Waals surface area contributed by atoms with E-state index in [9.17, 15) is 0 Å². The van der Waals surface area contributed by atoms with E-state index in [4.69, 9.17) is 4.98 Å². The van der Waals surface area contributed by atoms with E-state index in [0.717, 1.165) is 56.1 Å². The zero-order chi connectivity index (χ0) is 22.2. The maximum atomic E-state index is 4.94. The van der Waals surface area contributed by atoms with E-state index in [1.807, 2.05) is 30.5 Å². The summed E-state index contributed by atoms with van der Waals surface area (Å²) in [5.41, 5.74) is 9.88. The molecule has 0 aliphatic heterocycles. The van der Waals surface area contributed by atoms with Gasteiger partial charge in [0.05, 0.1) is 16.9 Å². The minimum absolute atomic E-state index is 0.804. The van der Waals surface area contributed by atoms with Crippen LogP contribution in [0.25, 0.3) is 39.3 Å². The van der Waals surface area contributed by atoms with Crippen molar-refractivity contribution in [2.45, 2.75) is 20.8 Å². The molecule has 5 aromatic rings. The number of nitrogens with zero attached hydrogens (tertiary/aromatic N) is 3. The van der Waals surface area contributed by atoms with Gasteiger partial charge in [0.15, 0.2) is 0 Å². The summed E-state index contributed by atoms with van der Waals surface area (Å²) in [5, 5.41) is 7.71. The van der Waals surface area contributed by atoms with Gasteiger partial charge in [0, 0.05) is 44.5 Å². The van der Waals surface area contributed by atoms with Crippen LogP contribution in [0, 0.1) is 20.8 Å². The highest BCUT2D eigenvalue weighted by Gasteiger charge is 2.18. The van der Waals surface area contributed by atoms with E-state index >= 15 is 0 Å². The number of rotatable bonds is 5. The van der Waals surface area contributed by atoms with E-state index in [-0.39, 0.29) is 0 Å². The fourth-order valence-corrected chi connectivity index (χ4v) is 4.84.